The van der Waals surface area contributed by atoms with Crippen LogP contribution in [0.4, 0.5) is 5.69 Å². The number of hydrogen-bond acceptors (Lipinski definition) is 3. The monoisotopic (exact) mass is 265 g/mol. The van der Waals surface area contributed by atoms with Crippen LogP contribution < -0.4 is 5.32 Å². The maximum atomic E-state index is 12.1. The molecular weight excluding hydrogens is 246 g/mol. The maximum Gasteiger partial charge on any atom is 0.336 e. The first kappa shape index (κ1) is 15.2. The predicted octanol–water partition coefficient (Wildman–Crippen LogP) is 2.45. The van der Waals surface area contributed by atoms with E-state index in [1.807, 2.05) is 6.92 Å². The molecule has 5 heteroatoms. The number of ether oxygens (including phenoxy) is 1. The number of carboxylic acids is 1. The molecule has 5 nitrogen and oxygen atoms in total. The molecule has 1 atom stereocenters. The number of hydrogen-bond donors (Lipinski definition) is 2. The van der Waals surface area contributed by atoms with E-state index in [0.717, 1.165) is 0 Å². The van der Waals surface area contributed by atoms with E-state index in [0.29, 0.717) is 17.7 Å². The number of methoxy groups -OCH3 is 1. The van der Waals surface area contributed by atoms with E-state index in [4.69, 9.17) is 9.84 Å². The van der Waals surface area contributed by atoms with Gasteiger partial charge in [0.1, 0.15) is 5.60 Å². The number of aromatic carboxylic acids is 1. The second-order valence-electron chi connectivity index (χ2n) is 4.58. The number of carbonyl (C=O) groups is 2. The molecule has 0 aliphatic carbocycles. The summed E-state index contributed by atoms with van der Waals surface area (Å²) in [6.07, 6.45) is 0.521. The Bertz CT molecular complexity index is 492. The molecule has 1 unspecified atom stereocenters. The van der Waals surface area contributed by atoms with Gasteiger partial charge in [-0.05, 0) is 38.0 Å². The highest BCUT2D eigenvalue weighted by Crippen LogP contribution is 2.20. The van der Waals surface area contributed by atoms with Crippen LogP contribution in [0.3, 0.4) is 0 Å². The highest BCUT2D eigenvalue weighted by atomic mass is 16.5. The van der Waals surface area contributed by atoms with Crippen molar-refractivity contribution in [3.8, 4) is 0 Å². The smallest absolute Gasteiger partial charge is 0.336 e. The Morgan fingerprint density at radius 3 is 2.53 bits per heavy atom. The first-order valence-corrected chi connectivity index (χ1v) is 6.04. The summed E-state index contributed by atoms with van der Waals surface area (Å²) in [5, 5.41) is 11.7. The van der Waals surface area contributed by atoms with Gasteiger partial charge in [-0.15, -0.1) is 0 Å². The van der Waals surface area contributed by atoms with Crippen LogP contribution in [-0.2, 0) is 9.53 Å². The summed E-state index contributed by atoms with van der Waals surface area (Å²) in [6, 6.07) is 4.78. The van der Waals surface area contributed by atoms with Gasteiger partial charge >= 0.3 is 5.97 Å². The molecule has 104 valence electrons. The summed E-state index contributed by atoms with van der Waals surface area (Å²) < 4.78 is 5.19. The Labute approximate surface area is 112 Å². The van der Waals surface area contributed by atoms with Gasteiger partial charge in [-0.3, -0.25) is 4.79 Å². The molecule has 0 heterocycles. The molecule has 1 amide bonds. The summed E-state index contributed by atoms with van der Waals surface area (Å²) in [5.41, 5.74) is 0.350. The highest BCUT2D eigenvalue weighted by Gasteiger charge is 2.31. The van der Waals surface area contributed by atoms with Crippen LogP contribution in [0.15, 0.2) is 18.2 Å². The van der Waals surface area contributed by atoms with E-state index in [1.165, 1.54) is 13.2 Å². The van der Waals surface area contributed by atoms with Crippen molar-refractivity contribution in [2.45, 2.75) is 32.8 Å². The molecule has 0 saturated heterocycles. The molecule has 1 rings (SSSR count). The molecule has 1 aromatic carbocycles. The van der Waals surface area contributed by atoms with Crippen molar-refractivity contribution < 1.29 is 19.4 Å². The van der Waals surface area contributed by atoms with Crippen LogP contribution in [0.1, 0.15) is 36.2 Å². The Morgan fingerprint density at radius 2 is 2.05 bits per heavy atom. The quantitative estimate of drug-likeness (QED) is 0.857. The molecule has 0 radical (unpaired) electrons. The van der Waals surface area contributed by atoms with E-state index >= 15 is 0 Å². The van der Waals surface area contributed by atoms with Crippen molar-refractivity contribution in [1.82, 2.24) is 0 Å². The van der Waals surface area contributed by atoms with Gasteiger partial charge in [-0.2, -0.15) is 0 Å². The molecule has 0 bridgehead atoms. The van der Waals surface area contributed by atoms with Gasteiger partial charge in [-0.1, -0.05) is 13.0 Å². The minimum absolute atomic E-state index is 0.174. The van der Waals surface area contributed by atoms with Crippen molar-refractivity contribution in [1.29, 1.82) is 0 Å². The van der Waals surface area contributed by atoms with Crippen LogP contribution in [0, 0.1) is 6.92 Å². The van der Waals surface area contributed by atoms with Gasteiger partial charge in [0, 0.05) is 12.8 Å². The summed E-state index contributed by atoms with van der Waals surface area (Å²) in [5.74, 6) is -1.31. The third kappa shape index (κ3) is 3.32. The van der Waals surface area contributed by atoms with Gasteiger partial charge in [-0.25, -0.2) is 4.79 Å². The van der Waals surface area contributed by atoms with E-state index < -0.39 is 11.6 Å². The fourth-order valence-electron chi connectivity index (χ4n) is 1.59. The Morgan fingerprint density at radius 1 is 1.42 bits per heavy atom. The molecule has 0 aromatic heterocycles. The zero-order chi connectivity index (χ0) is 14.6. The fourth-order valence-corrected chi connectivity index (χ4v) is 1.59. The number of carboxylic acid groups (broad SMARTS) is 1. The average Bonchev–Trinajstić information content (AvgIpc) is 2.39. The van der Waals surface area contributed by atoms with E-state index in [2.05, 4.69) is 5.32 Å². The zero-order valence-electron chi connectivity index (χ0n) is 11.6. The molecule has 0 saturated carbocycles. The van der Waals surface area contributed by atoms with Crippen LogP contribution >= 0.6 is 0 Å². The van der Waals surface area contributed by atoms with Crippen molar-refractivity contribution in [3.05, 3.63) is 29.3 Å². The van der Waals surface area contributed by atoms with Gasteiger partial charge in [0.05, 0.1) is 5.56 Å². The average molecular weight is 265 g/mol. The zero-order valence-corrected chi connectivity index (χ0v) is 11.6. The number of carbonyl (C=O) groups excluding carboxylic acids is 1. The molecule has 2 N–H and O–H groups in total. The molecular formula is C14H19NO4. The molecule has 0 spiro atoms. The Balaban J connectivity index is 2.98. The first-order valence-electron chi connectivity index (χ1n) is 6.04. The molecule has 0 aliphatic heterocycles. The number of rotatable bonds is 5. The van der Waals surface area contributed by atoms with Gasteiger partial charge < -0.3 is 15.2 Å². The second-order valence-corrected chi connectivity index (χ2v) is 4.58. The molecule has 0 fully saturated rings. The van der Waals surface area contributed by atoms with Crippen molar-refractivity contribution >= 4 is 17.6 Å². The van der Waals surface area contributed by atoms with E-state index in [9.17, 15) is 9.59 Å². The second kappa shape index (κ2) is 5.84. The van der Waals surface area contributed by atoms with Gasteiger partial charge in [0.2, 0.25) is 0 Å². The summed E-state index contributed by atoms with van der Waals surface area (Å²) >= 11 is 0. The summed E-state index contributed by atoms with van der Waals surface area (Å²) in [6.45, 7) is 5.25. The molecule has 1 aromatic rings. The number of nitrogens with one attached hydrogen (secondary N) is 1. The SMILES string of the molecule is CCC(C)(OC)C(=O)Nc1ccc(C)c(C(=O)O)c1. The van der Waals surface area contributed by atoms with Crippen molar-refractivity contribution in [3.63, 3.8) is 0 Å². The molecule has 19 heavy (non-hydrogen) atoms. The van der Waals surface area contributed by atoms with Crippen LogP contribution in [0.25, 0.3) is 0 Å². The minimum Gasteiger partial charge on any atom is -0.478 e. The maximum absolute atomic E-state index is 12.1. The lowest BCUT2D eigenvalue weighted by Gasteiger charge is -2.25. The first-order chi connectivity index (χ1) is 8.84. The third-order valence-corrected chi connectivity index (χ3v) is 3.33. The largest absolute Gasteiger partial charge is 0.478 e. The van der Waals surface area contributed by atoms with Crippen LogP contribution in [-0.4, -0.2) is 29.7 Å². The van der Waals surface area contributed by atoms with Gasteiger partial charge in [0.25, 0.3) is 5.91 Å². The number of benzene rings is 1. The standard InChI is InChI=1S/C14H19NO4/c1-5-14(3,19-4)13(18)15-10-7-6-9(2)11(8-10)12(16)17/h6-8H,5H2,1-4H3,(H,15,18)(H,16,17). The normalized spacial score (nSPS) is 13.7. The summed E-state index contributed by atoms with van der Waals surface area (Å²) in [4.78, 5) is 23.1. The third-order valence-electron chi connectivity index (χ3n) is 3.33. The number of aryl methyl sites for hydroxylation is 1. The van der Waals surface area contributed by atoms with E-state index in [1.54, 1.807) is 26.0 Å². The number of anilines is 1. The van der Waals surface area contributed by atoms with Crippen molar-refractivity contribution in [2.75, 3.05) is 12.4 Å². The topological polar surface area (TPSA) is 75.6 Å². The fraction of sp³-hybridized carbons (Fsp3) is 0.429. The predicted molar refractivity (Wildman–Crippen MR) is 72.5 cm³/mol. The summed E-state index contributed by atoms with van der Waals surface area (Å²) in [7, 11) is 1.47. The van der Waals surface area contributed by atoms with Crippen LogP contribution in [0.2, 0.25) is 0 Å². The lowest BCUT2D eigenvalue weighted by Crippen LogP contribution is -2.41. The Hall–Kier alpha value is -1.88. The van der Waals surface area contributed by atoms with Crippen LogP contribution in [0.5, 0.6) is 0 Å². The highest BCUT2D eigenvalue weighted by molar-refractivity contribution is 5.98. The lowest BCUT2D eigenvalue weighted by atomic mass is 10.0. The van der Waals surface area contributed by atoms with E-state index in [-0.39, 0.29) is 11.5 Å². The molecule has 0 aliphatic rings. The van der Waals surface area contributed by atoms with Crippen molar-refractivity contribution in [2.24, 2.45) is 0 Å². The Kier molecular flexibility index (Phi) is 4.67. The number of amides is 1. The minimum atomic E-state index is -1.02. The lowest BCUT2D eigenvalue weighted by molar-refractivity contribution is -0.136. The van der Waals surface area contributed by atoms with Gasteiger partial charge in [0.15, 0.2) is 0 Å².